The molecule has 1 fully saturated rings. The molecular formula is C28H29BrClN3O4. The highest BCUT2D eigenvalue weighted by molar-refractivity contribution is 9.10. The summed E-state index contributed by atoms with van der Waals surface area (Å²) in [4.78, 5) is 29.5. The standard InChI is InChI=1S/C28H29BrClN3O4/c1-18-14-19(2)27(24(29)15-18)37-17-26(34)31-21-5-7-22(8-6-21)32-10-12-33(13-11-32)28(35)23-16-20(30)4-9-25(23)36-3/h4-9,14-16H,10-13,17H2,1-3H3,(H,31,34). The van der Waals surface area contributed by atoms with Gasteiger partial charge >= 0.3 is 0 Å². The summed E-state index contributed by atoms with van der Waals surface area (Å²) >= 11 is 9.60. The number of nitrogens with one attached hydrogen (secondary N) is 1. The first-order chi connectivity index (χ1) is 17.7. The molecule has 1 aliphatic heterocycles. The number of rotatable bonds is 7. The molecule has 0 bridgehead atoms. The van der Waals surface area contributed by atoms with E-state index in [1.807, 2.05) is 55.1 Å². The maximum absolute atomic E-state index is 13.0. The molecule has 0 saturated carbocycles. The smallest absolute Gasteiger partial charge is 0.262 e. The number of ether oxygens (including phenoxy) is 2. The average Bonchev–Trinajstić information content (AvgIpc) is 2.88. The maximum Gasteiger partial charge on any atom is 0.262 e. The van der Waals surface area contributed by atoms with Crippen LogP contribution in [-0.4, -0.2) is 56.6 Å². The van der Waals surface area contributed by atoms with Crippen molar-refractivity contribution in [3.63, 3.8) is 0 Å². The first-order valence-electron chi connectivity index (χ1n) is 11.9. The Morgan fingerprint density at radius 3 is 2.35 bits per heavy atom. The zero-order valence-corrected chi connectivity index (χ0v) is 23.4. The summed E-state index contributed by atoms with van der Waals surface area (Å²) in [7, 11) is 1.54. The van der Waals surface area contributed by atoms with Gasteiger partial charge < -0.3 is 24.6 Å². The van der Waals surface area contributed by atoms with Gasteiger partial charge in [-0.05, 0) is 89.4 Å². The summed E-state index contributed by atoms with van der Waals surface area (Å²) in [6.07, 6.45) is 0. The summed E-state index contributed by atoms with van der Waals surface area (Å²) in [6.45, 7) is 6.43. The first-order valence-corrected chi connectivity index (χ1v) is 13.1. The minimum absolute atomic E-state index is 0.0857. The van der Waals surface area contributed by atoms with Crippen molar-refractivity contribution in [2.45, 2.75) is 13.8 Å². The summed E-state index contributed by atoms with van der Waals surface area (Å²) in [5.74, 6) is 0.861. The molecule has 3 aromatic rings. The minimum atomic E-state index is -0.233. The van der Waals surface area contributed by atoms with Crippen molar-refractivity contribution >= 4 is 50.7 Å². The minimum Gasteiger partial charge on any atom is -0.496 e. The Morgan fingerprint density at radius 1 is 1.00 bits per heavy atom. The Labute approximate surface area is 230 Å². The molecule has 9 heteroatoms. The second kappa shape index (κ2) is 11.9. The molecule has 0 aromatic heterocycles. The van der Waals surface area contributed by atoms with Crippen LogP contribution in [0.15, 0.2) is 59.1 Å². The van der Waals surface area contributed by atoms with Crippen LogP contribution in [0.4, 0.5) is 11.4 Å². The number of methoxy groups -OCH3 is 1. The molecule has 0 unspecified atom stereocenters. The third-order valence-electron chi connectivity index (χ3n) is 6.20. The molecule has 0 radical (unpaired) electrons. The van der Waals surface area contributed by atoms with E-state index in [0.29, 0.717) is 54.0 Å². The number of carbonyl (C=O) groups excluding carboxylic acids is 2. The lowest BCUT2D eigenvalue weighted by Crippen LogP contribution is -2.48. The lowest BCUT2D eigenvalue weighted by molar-refractivity contribution is -0.118. The van der Waals surface area contributed by atoms with Crippen LogP contribution in [0.2, 0.25) is 5.02 Å². The van der Waals surface area contributed by atoms with Crippen LogP contribution in [0.5, 0.6) is 11.5 Å². The van der Waals surface area contributed by atoms with E-state index in [1.165, 1.54) is 0 Å². The van der Waals surface area contributed by atoms with Crippen molar-refractivity contribution in [2.24, 2.45) is 0 Å². The second-order valence-electron chi connectivity index (χ2n) is 8.90. The third-order valence-corrected chi connectivity index (χ3v) is 7.02. The Bertz CT molecular complexity index is 1270. The van der Waals surface area contributed by atoms with E-state index < -0.39 is 0 Å². The van der Waals surface area contributed by atoms with Crippen LogP contribution in [-0.2, 0) is 4.79 Å². The van der Waals surface area contributed by atoms with Gasteiger partial charge in [0, 0.05) is 42.6 Å². The highest BCUT2D eigenvalue weighted by atomic mass is 79.9. The second-order valence-corrected chi connectivity index (χ2v) is 10.2. The lowest BCUT2D eigenvalue weighted by Gasteiger charge is -2.36. The lowest BCUT2D eigenvalue weighted by atomic mass is 10.1. The van der Waals surface area contributed by atoms with Gasteiger partial charge in [-0.1, -0.05) is 17.7 Å². The van der Waals surface area contributed by atoms with Crippen molar-refractivity contribution < 1.29 is 19.1 Å². The highest BCUT2D eigenvalue weighted by Gasteiger charge is 2.25. The van der Waals surface area contributed by atoms with E-state index in [0.717, 1.165) is 21.3 Å². The van der Waals surface area contributed by atoms with E-state index in [4.69, 9.17) is 21.1 Å². The van der Waals surface area contributed by atoms with E-state index >= 15 is 0 Å². The fourth-order valence-electron chi connectivity index (χ4n) is 4.36. The van der Waals surface area contributed by atoms with Crippen molar-refractivity contribution in [1.82, 2.24) is 4.90 Å². The number of piperazine rings is 1. The molecule has 3 aromatic carbocycles. The molecule has 0 atom stereocenters. The predicted molar refractivity (Wildman–Crippen MR) is 150 cm³/mol. The molecule has 1 heterocycles. The Hall–Kier alpha value is -3.23. The van der Waals surface area contributed by atoms with Crippen LogP contribution in [0, 0.1) is 13.8 Å². The number of benzene rings is 3. The van der Waals surface area contributed by atoms with E-state index in [-0.39, 0.29) is 18.4 Å². The fourth-order valence-corrected chi connectivity index (χ4v) is 5.32. The number of halogens is 2. The van der Waals surface area contributed by atoms with Crippen molar-refractivity contribution in [1.29, 1.82) is 0 Å². The predicted octanol–water partition coefficient (Wildman–Crippen LogP) is 5.71. The highest BCUT2D eigenvalue weighted by Crippen LogP contribution is 2.30. The van der Waals surface area contributed by atoms with Crippen molar-refractivity contribution in [3.05, 3.63) is 80.8 Å². The summed E-state index contributed by atoms with van der Waals surface area (Å²) in [5.41, 5.74) is 4.28. The zero-order valence-electron chi connectivity index (χ0n) is 21.0. The van der Waals surface area contributed by atoms with Gasteiger partial charge in [0.2, 0.25) is 0 Å². The van der Waals surface area contributed by atoms with Gasteiger partial charge in [0.25, 0.3) is 11.8 Å². The van der Waals surface area contributed by atoms with Crippen LogP contribution < -0.4 is 19.7 Å². The number of anilines is 2. The molecule has 37 heavy (non-hydrogen) atoms. The molecule has 1 saturated heterocycles. The summed E-state index contributed by atoms with van der Waals surface area (Å²) < 4.78 is 11.9. The number of carbonyl (C=O) groups is 2. The van der Waals surface area contributed by atoms with Gasteiger partial charge in [0.15, 0.2) is 6.61 Å². The monoisotopic (exact) mass is 585 g/mol. The fraction of sp³-hybridized carbons (Fsp3) is 0.286. The molecule has 194 valence electrons. The van der Waals surface area contributed by atoms with Gasteiger partial charge in [0.1, 0.15) is 11.5 Å². The average molecular weight is 587 g/mol. The number of nitrogens with zero attached hydrogens (tertiary/aromatic N) is 2. The van der Waals surface area contributed by atoms with Crippen LogP contribution >= 0.6 is 27.5 Å². The zero-order chi connectivity index (χ0) is 26.5. The number of hydrogen-bond donors (Lipinski definition) is 1. The van der Waals surface area contributed by atoms with E-state index in [9.17, 15) is 9.59 Å². The molecular weight excluding hydrogens is 558 g/mol. The van der Waals surface area contributed by atoms with Crippen LogP contribution in [0.3, 0.4) is 0 Å². The van der Waals surface area contributed by atoms with Gasteiger partial charge in [-0.25, -0.2) is 0 Å². The molecule has 4 rings (SSSR count). The summed E-state index contributed by atoms with van der Waals surface area (Å²) in [6, 6.07) is 16.7. The molecule has 1 aliphatic rings. The number of amides is 2. The van der Waals surface area contributed by atoms with Crippen molar-refractivity contribution in [2.75, 3.05) is 50.1 Å². The van der Waals surface area contributed by atoms with Gasteiger partial charge in [-0.3, -0.25) is 9.59 Å². The molecule has 1 N–H and O–H groups in total. The number of aryl methyl sites for hydroxylation is 2. The molecule has 7 nitrogen and oxygen atoms in total. The Balaban J connectivity index is 1.29. The maximum atomic E-state index is 13.0. The Kier molecular flexibility index (Phi) is 8.61. The largest absolute Gasteiger partial charge is 0.496 e. The molecule has 2 amide bonds. The third kappa shape index (κ3) is 6.56. The SMILES string of the molecule is COc1ccc(Cl)cc1C(=O)N1CCN(c2ccc(NC(=O)COc3c(C)cc(C)cc3Br)cc2)CC1. The molecule has 0 aliphatic carbocycles. The summed E-state index contributed by atoms with van der Waals surface area (Å²) in [5, 5.41) is 3.37. The first kappa shape index (κ1) is 26.8. The topological polar surface area (TPSA) is 71.1 Å². The van der Waals surface area contributed by atoms with E-state index in [2.05, 4.69) is 26.1 Å². The van der Waals surface area contributed by atoms with Gasteiger partial charge in [-0.15, -0.1) is 0 Å². The van der Waals surface area contributed by atoms with Crippen LogP contribution in [0.25, 0.3) is 0 Å². The van der Waals surface area contributed by atoms with Crippen molar-refractivity contribution in [3.8, 4) is 11.5 Å². The number of hydrogen-bond acceptors (Lipinski definition) is 5. The Morgan fingerprint density at radius 2 is 1.70 bits per heavy atom. The molecule has 0 spiro atoms. The van der Waals surface area contributed by atoms with Crippen LogP contribution in [0.1, 0.15) is 21.5 Å². The quantitative estimate of drug-likeness (QED) is 0.384. The van der Waals surface area contributed by atoms with Gasteiger partial charge in [-0.2, -0.15) is 0 Å². The van der Waals surface area contributed by atoms with Gasteiger partial charge in [0.05, 0.1) is 17.1 Å². The normalized spacial score (nSPS) is 13.3. The van der Waals surface area contributed by atoms with E-state index in [1.54, 1.807) is 25.3 Å².